The first-order valence-electron chi connectivity index (χ1n) is 7.42. The Morgan fingerprint density at radius 2 is 1.57 bits per heavy atom. The standard InChI is InChI=1S/C19H24N2/c1-18(2,3)13-19(4,5)21-17-11-10-14(12-20)15-8-6-7-9-16(15)17/h6-11,21H,13H2,1-5H3. The molecule has 0 bridgehead atoms. The van der Waals surface area contributed by atoms with Crippen molar-refractivity contribution < 1.29 is 0 Å². The highest BCUT2D eigenvalue weighted by atomic mass is 15.0. The number of nitriles is 1. The molecule has 2 rings (SSSR count). The maximum absolute atomic E-state index is 9.24. The first-order valence-corrected chi connectivity index (χ1v) is 7.42. The average Bonchev–Trinajstić information content (AvgIpc) is 2.36. The van der Waals surface area contributed by atoms with Crippen LogP contribution in [0, 0.1) is 16.7 Å². The molecule has 21 heavy (non-hydrogen) atoms. The minimum absolute atomic E-state index is 0.00478. The molecule has 2 nitrogen and oxygen atoms in total. The van der Waals surface area contributed by atoms with Crippen molar-refractivity contribution in [2.75, 3.05) is 5.32 Å². The van der Waals surface area contributed by atoms with Crippen molar-refractivity contribution >= 4 is 16.5 Å². The predicted octanol–water partition coefficient (Wildman–Crippen LogP) is 5.34. The molecule has 0 atom stereocenters. The Morgan fingerprint density at radius 1 is 0.952 bits per heavy atom. The molecule has 0 amide bonds. The number of fused-ring (bicyclic) bond motifs is 1. The molecule has 0 aliphatic carbocycles. The van der Waals surface area contributed by atoms with Gasteiger partial charge in [-0.05, 0) is 37.8 Å². The second kappa shape index (κ2) is 5.41. The molecule has 0 spiro atoms. The van der Waals surface area contributed by atoms with E-state index in [1.807, 2.05) is 30.3 Å². The van der Waals surface area contributed by atoms with Crippen LogP contribution in [0.5, 0.6) is 0 Å². The molecule has 0 unspecified atom stereocenters. The lowest BCUT2D eigenvalue weighted by Gasteiger charge is -2.34. The number of hydrogen-bond donors (Lipinski definition) is 1. The molecule has 0 aliphatic heterocycles. The van der Waals surface area contributed by atoms with E-state index in [0.717, 1.165) is 28.4 Å². The number of nitrogens with one attached hydrogen (secondary N) is 1. The number of nitrogens with zero attached hydrogens (tertiary/aromatic N) is 1. The van der Waals surface area contributed by atoms with Gasteiger partial charge in [-0.25, -0.2) is 0 Å². The van der Waals surface area contributed by atoms with Gasteiger partial charge < -0.3 is 5.32 Å². The smallest absolute Gasteiger partial charge is 0.0998 e. The van der Waals surface area contributed by atoms with E-state index in [0.29, 0.717) is 0 Å². The maximum atomic E-state index is 9.24. The summed E-state index contributed by atoms with van der Waals surface area (Å²) in [5, 5.41) is 15.0. The molecular formula is C19H24N2. The molecule has 2 heteroatoms. The molecule has 0 aromatic heterocycles. The quantitative estimate of drug-likeness (QED) is 0.824. The van der Waals surface area contributed by atoms with E-state index < -0.39 is 0 Å². The summed E-state index contributed by atoms with van der Waals surface area (Å²) in [6.07, 6.45) is 1.06. The highest BCUT2D eigenvalue weighted by molar-refractivity contribution is 5.97. The van der Waals surface area contributed by atoms with Crippen LogP contribution in [0.2, 0.25) is 0 Å². The Morgan fingerprint density at radius 3 is 2.14 bits per heavy atom. The van der Waals surface area contributed by atoms with Crippen LogP contribution in [-0.4, -0.2) is 5.54 Å². The van der Waals surface area contributed by atoms with E-state index in [4.69, 9.17) is 0 Å². The van der Waals surface area contributed by atoms with Gasteiger partial charge in [0.2, 0.25) is 0 Å². The Balaban J connectivity index is 2.42. The molecular weight excluding hydrogens is 256 g/mol. The summed E-state index contributed by atoms with van der Waals surface area (Å²) in [4.78, 5) is 0. The van der Waals surface area contributed by atoms with Gasteiger partial charge in [0, 0.05) is 22.0 Å². The van der Waals surface area contributed by atoms with Crippen molar-refractivity contribution in [3.8, 4) is 6.07 Å². The molecule has 0 saturated heterocycles. The van der Waals surface area contributed by atoms with Crippen molar-refractivity contribution in [2.45, 2.75) is 46.6 Å². The molecule has 0 heterocycles. The Kier molecular flexibility index (Phi) is 3.96. The largest absolute Gasteiger partial charge is 0.380 e. The monoisotopic (exact) mass is 280 g/mol. The molecule has 110 valence electrons. The zero-order chi connectivity index (χ0) is 15.7. The van der Waals surface area contributed by atoms with E-state index >= 15 is 0 Å². The van der Waals surface area contributed by atoms with Crippen LogP contribution in [0.25, 0.3) is 10.8 Å². The number of rotatable bonds is 3. The summed E-state index contributed by atoms with van der Waals surface area (Å²) in [5.74, 6) is 0. The molecule has 1 N–H and O–H groups in total. The summed E-state index contributed by atoms with van der Waals surface area (Å²) in [6.45, 7) is 11.2. The van der Waals surface area contributed by atoms with Crippen molar-refractivity contribution in [3.05, 3.63) is 42.0 Å². The Bertz CT molecular complexity index is 685. The minimum atomic E-state index is -0.00478. The first-order chi connectivity index (χ1) is 9.72. The van der Waals surface area contributed by atoms with Gasteiger partial charge in [-0.3, -0.25) is 0 Å². The highest BCUT2D eigenvalue weighted by Crippen LogP contribution is 2.33. The molecule has 0 aliphatic rings. The van der Waals surface area contributed by atoms with Crippen molar-refractivity contribution in [1.29, 1.82) is 5.26 Å². The van der Waals surface area contributed by atoms with Crippen molar-refractivity contribution in [3.63, 3.8) is 0 Å². The fraction of sp³-hybridized carbons (Fsp3) is 0.421. The maximum Gasteiger partial charge on any atom is 0.0998 e. The van der Waals surface area contributed by atoms with Crippen molar-refractivity contribution in [2.24, 2.45) is 5.41 Å². The second-order valence-corrected chi connectivity index (χ2v) is 7.56. The van der Waals surface area contributed by atoms with Crippen molar-refractivity contribution in [1.82, 2.24) is 0 Å². The Hall–Kier alpha value is -2.01. The topological polar surface area (TPSA) is 35.8 Å². The van der Waals surface area contributed by atoms with Gasteiger partial charge in [0.1, 0.15) is 0 Å². The lowest BCUT2D eigenvalue weighted by atomic mass is 9.81. The fourth-order valence-corrected chi connectivity index (χ4v) is 3.24. The minimum Gasteiger partial charge on any atom is -0.380 e. The first kappa shape index (κ1) is 15.4. The van der Waals surface area contributed by atoms with Crippen LogP contribution in [0.15, 0.2) is 36.4 Å². The van der Waals surface area contributed by atoms with E-state index in [9.17, 15) is 5.26 Å². The van der Waals surface area contributed by atoms with Gasteiger partial charge in [-0.15, -0.1) is 0 Å². The summed E-state index contributed by atoms with van der Waals surface area (Å²) in [7, 11) is 0. The molecule has 2 aromatic rings. The molecule has 0 radical (unpaired) electrons. The Labute approximate surface area is 127 Å². The third-order valence-corrected chi connectivity index (χ3v) is 3.49. The van der Waals surface area contributed by atoms with Gasteiger partial charge >= 0.3 is 0 Å². The van der Waals surface area contributed by atoms with E-state index in [1.165, 1.54) is 0 Å². The van der Waals surface area contributed by atoms with Gasteiger partial charge in [-0.1, -0.05) is 45.0 Å². The predicted molar refractivity (Wildman–Crippen MR) is 90.4 cm³/mol. The summed E-state index contributed by atoms with van der Waals surface area (Å²) < 4.78 is 0. The molecule has 2 aromatic carbocycles. The zero-order valence-electron chi connectivity index (χ0n) is 13.6. The average molecular weight is 280 g/mol. The van der Waals surface area contributed by atoms with Gasteiger partial charge in [0.15, 0.2) is 0 Å². The normalized spacial score (nSPS) is 12.2. The molecule has 0 saturated carbocycles. The lowest BCUT2D eigenvalue weighted by Crippen LogP contribution is -2.35. The van der Waals surface area contributed by atoms with Gasteiger partial charge in [0.05, 0.1) is 11.6 Å². The van der Waals surface area contributed by atoms with Gasteiger partial charge in [0.25, 0.3) is 0 Å². The van der Waals surface area contributed by atoms with Crippen LogP contribution in [0.3, 0.4) is 0 Å². The number of anilines is 1. The number of benzene rings is 2. The second-order valence-electron chi connectivity index (χ2n) is 7.56. The third-order valence-electron chi connectivity index (χ3n) is 3.49. The lowest BCUT2D eigenvalue weighted by molar-refractivity contribution is 0.302. The summed E-state index contributed by atoms with van der Waals surface area (Å²) in [6, 6.07) is 14.3. The number of hydrogen-bond acceptors (Lipinski definition) is 2. The van der Waals surface area contributed by atoms with Crippen LogP contribution < -0.4 is 5.32 Å². The highest BCUT2D eigenvalue weighted by Gasteiger charge is 2.25. The SMILES string of the molecule is CC(C)(C)CC(C)(C)Nc1ccc(C#N)c2ccccc12. The van der Waals surface area contributed by atoms with E-state index in [-0.39, 0.29) is 11.0 Å². The van der Waals surface area contributed by atoms with Crippen LogP contribution in [0.4, 0.5) is 5.69 Å². The van der Waals surface area contributed by atoms with Crippen LogP contribution in [-0.2, 0) is 0 Å². The molecule has 0 fully saturated rings. The van der Waals surface area contributed by atoms with E-state index in [1.54, 1.807) is 0 Å². The summed E-state index contributed by atoms with van der Waals surface area (Å²) in [5.41, 5.74) is 2.08. The summed E-state index contributed by atoms with van der Waals surface area (Å²) >= 11 is 0. The van der Waals surface area contributed by atoms with Crippen LogP contribution >= 0.6 is 0 Å². The van der Waals surface area contributed by atoms with E-state index in [2.05, 4.69) is 52.1 Å². The van der Waals surface area contributed by atoms with Gasteiger partial charge in [-0.2, -0.15) is 5.26 Å². The third kappa shape index (κ3) is 3.76. The fourth-order valence-electron chi connectivity index (χ4n) is 3.24. The zero-order valence-corrected chi connectivity index (χ0v) is 13.6. The van der Waals surface area contributed by atoms with Crippen LogP contribution in [0.1, 0.15) is 46.6 Å².